The Hall–Kier alpha value is -1.49. The van der Waals surface area contributed by atoms with Crippen LogP contribution in [0.3, 0.4) is 0 Å². The predicted molar refractivity (Wildman–Crippen MR) is 57.5 cm³/mol. The van der Waals surface area contributed by atoms with Crippen molar-refractivity contribution in [2.45, 2.75) is 5.75 Å². The molecule has 0 saturated carbocycles. The molecule has 0 spiro atoms. The number of benzene rings is 1. The van der Waals surface area contributed by atoms with Crippen LogP contribution in [0.1, 0.15) is 5.82 Å². The fourth-order valence-electron chi connectivity index (χ4n) is 1.28. The fourth-order valence-corrected chi connectivity index (χ4v) is 1.81. The highest BCUT2D eigenvalue weighted by Crippen LogP contribution is 2.10. The normalized spacial score (nSPS) is 11.8. The maximum Gasteiger partial charge on any atom is 0.158 e. The Labute approximate surface area is 87.9 Å². The van der Waals surface area contributed by atoms with E-state index in [1.165, 1.54) is 0 Å². The van der Waals surface area contributed by atoms with Gasteiger partial charge in [0.1, 0.15) is 11.6 Å². The summed E-state index contributed by atoms with van der Waals surface area (Å²) in [6.45, 7) is 0. The molecular weight excluding hydrogens is 212 g/mol. The SMILES string of the molecule is [CH2]S(=O)(=O)Cc1ncc2ccccc2n1. The second kappa shape index (κ2) is 3.58. The van der Waals surface area contributed by atoms with Crippen LogP contribution in [-0.4, -0.2) is 18.4 Å². The summed E-state index contributed by atoms with van der Waals surface area (Å²) < 4.78 is 21.9. The van der Waals surface area contributed by atoms with Crippen LogP contribution < -0.4 is 0 Å². The number of aromatic nitrogens is 2. The molecule has 77 valence electrons. The van der Waals surface area contributed by atoms with Crippen LogP contribution in [0.4, 0.5) is 0 Å². The van der Waals surface area contributed by atoms with Gasteiger partial charge in [-0.2, -0.15) is 0 Å². The van der Waals surface area contributed by atoms with Gasteiger partial charge >= 0.3 is 0 Å². The van der Waals surface area contributed by atoms with Crippen molar-refractivity contribution in [3.63, 3.8) is 0 Å². The van der Waals surface area contributed by atoms with Gasteiger partial charge < -0.3 is 0 Å². The molecule has 1 aromatic heterocycles. The first kappa shape index (κ1) is 10.0. The predicted octanol–water partition coefficient (Wildman–Crippen LogP) is 1.34. The molecule has 15 heavy (non-hydrogen) atoms. The first-order valence-corrected chi connectivity index (χ1v) is 6.13. The molecule has 2 aromatic rings. The van der Waals surface area contributed by atoms with E-state index < -0.39 is 9.84 Å². The summed E-state index contributed by atoms with van der Waals surface area (Å²) >= 11 is 0. The highest BCUT2D eigenvalue weighted by molar-refractivity contribution is 7.91. The first-order chi connectivity index (χ1) is 7.04. The lowest BCUT2D eigenvalue weighted by molar-refractivity contribution is 0.602. The second-order valence-corrected chi connectivity index (χ2v) is 5.01. The number of hydrogen-bond acceptors (Lipinski definition) is 4. The minimum Gasteiger partial charge on any atom is -0.240 e. The minimum atomic E-state index is -3.32. The van der Waals surface area contributed by atoms with Gasteiger partial charge in [0.05, 0.1) is 11.8 Å². The molecule has 0 atom stereocenters. The average Bonchev–Trinajstić information content (AvgIpc) is 2.15. The summed E-state index contributed by atoms with van der Waals surface area (Å²) in [6.07, 6.45) is 4.65. The largest absolute Gasteiger partial charge is 0.240 e. The topological polar surface area (TPSA) is 59.9 Å². The number of fused-ring (bicyclic) bond motifs is 1. The molecule has 5 heteroatoms. The van der Waals surface area contributed by atoms with Crippen LogP contribution in [0.5, 0.6) is 0 Å². The number of para-hydroxylation sites is 1. The van der Waals surface area contributed by atoms with Gasteiger partial charge in [0.15, 0.2) is 9.84 Å². The van der Waals surface area contributed by atoms with Crippen LogP contribution in [0.25, 0.3) is 10.9 Å². The zero-order valence-corrected chi connectivity index (χ0v) is 8.74. The molecule has 0 N–H and O–H groups in total. The molecule has 1 heterocycles. The van der Waals surface area contributed by atoms with Crippen molar-refractivity contribution >= 4 is 20.7 Å². The quantitative estimate of drug-likeness (QED) is 0.767. The van der Waals surface area contributed by atoms with E-state index in [0.717, 1.165) is 10.9 Å². The molecule has 0 unspecified atom stereocenters. The minimum absolute atomic E-state index is 0.224. The molecule has 1 radical (unpaired) electrons. The molecule has 0 bridgehead atoms. The second-order valence-electron chi connectivity index (χ2n) is 3.23. The monoisotopic (exact) mass is 221 g/mol. The summed E-state index contributed by atoms with van der Waals surface area (Å²) in [4.78, 5) is 8.09. The van der Waals surface area contributed by atoms with Crippen molar-refractivity contribution in [3.05, 3.63) is 42.5 Å². The molecular formula is C10H9N2O2S. The zero-order chi connectivity index (χ0) is 10.9. The molecule has 0 aliphatic heterocycles. The first-order valence-electron chi connectivity index (χ1n) is 4.31. The smallest absolute Gasteiger partial charge is 0.158 e. The maximum atomic E-state index is 10.9. The average molecular weight is 221 g/mol. The zero-order valence-electron chi connectivity index (χ0n) is 7.92. The molecule has 0 amide bonds. The van der Waals surface area contributed by atoms with Gasteiger partial charge in [-0.3, -0.25) is 0 Å². The van der Waals surface area contributed by atoms with Crippen molar-refractivity contribution in [2.24, 2.45) is 0 Å². The molecule has 1 aromatic carbocycles. The molecule has 0 aliphatic rings. The van der Waals surface area contributed by atoms with Gasteiger partial charge in [-0.25, -0.2) is 18.4 Å². The molecule has 0 fully saturated rings. The summed E-state index contributed by atoms with van der Waals surface area (Å²) in [5.41, 5.74) is 0.742. The van der Waals surface area contributed by atoms with Crippen molar-refractivity contribution < 1.29 is 8.42 Å². The third-order valence-electron chi connectivity index (χ3n) is 1.89. The summed E-state index contributed by atoms with van der Waals surface area (Å²) in [7, 11) is -3.32. The Morgan fingerprint density at radius 1 is 1.27 bits per heavy atom. The van der Waals surface area contributed by atoms with Gasteiger partial charge in [0, 0.05) is 11.6 Å². The Morgan fingerprint density at radius 2 is 2.00 bits per heavy atom. The maximum absolute atomic E-state index is 10.9. The number of nitrogens with zero attached hydrogens (tertiary/aromatic N) is 2. The molecule has 0 aliphatic carbocycles. The summed E-state index contributed by atoms with van der Waals surface area (Å²) in [5.74, 6) is 0.0568. The van der Waals surface area contributed by atoms with Crippen LogP contribution in [-0.2, 0) is 15.6 Å². The van der Waals surface area contributed by atoms with Crippen molar-refractivity contribution in [1.82, 2.24) is 9.97 Å². The highest BCUT2D eigenvalue weighted by Gasteiger charge is 2.07. The standard InChI is InChI=1S/C10H9N2O2S/c1-15(13,14)7-10-11-6-8-4-2-3-5-9(8)12-10/h2-6H,1,7H2. The number of rotatable bonds is 2. The van der Waals surface area contributed by atoms with Gasteiger partial charge in [-0.1, -0.05) is 18.2 Å². The van der Waals surface area contributed by atoms with Crippen LogP contribution in [0, 0.1) is 6.26 Å². The Balaban J connectivity index is 2.48. The van der Waals surface area contributed by atoms with Gasteiger partial charge in [-0.05, 0) is 6.07 Å². The van der Waals surface area contributed by atoms with E-state index in [1.807, 2.05) is 24.3 Å². The molecule has 0 saturated heterocycles. The van der Waals surface area contributed by atoms with E-state index in [2.05, 4.69) is 16.2 Å². The molecule has 2 rings (SSSR count). The Kier molecular flexibility index (Phi) is 2.40. The van der Waals surface area contributed by atoms with E-state index in [4.69, 9.17) is 0 Å². The van der Waals surface area contributed by atoms with Crippen molar-refractivity contribution in [2.75, 3.05) is 0 Å². The Bertz CT molecular complexity index is 593. The lowest BCUT2D eigenvalue weighted by Gasteiger charge is -2.00. The van der Waals surface area contributed by atoms with Crippen molar-refractivity contribution in [3.8, 4) is 0 Å². The van der Waals surface area contributed by atoms with E-state index in [9.17, 15) is 8.42 Å². The van der Waals surface area contributed by atoms with Crippen molar-refractivity contribution in [1.29, 1.82) is 0 Å². The van der Waals surface area contributed by atoms with Crippen LogP contribution >= 0.6 is 0 Å². The van der Waals surface area contributed by atoms with E-state index in [0.29, 0.717) is 0 Å². The van der Waals surface area contributed by atoms with E-state index in [1.54, 1.807) is 6.20 Å². The lowest BCUT2D eigenvalue weighted by atomic mass is 10.2. The third-order valence-corrected chi connectivity index (χ3v) is 2.59. The number of sulfone groups is 1. The van der Waals surface area contributed by atoms with E-state index in [-0.39, 0.29) is 11.6 Å². The summed E-state index contributed by atoms with van der Waals surface area (Å²) in [5, 5.41) is 0.891. The van der Waals surface area contributed by atoms with Gasteiger partial charge in [0.25, 0.3) is 0 Å². The van der Waals surface area contributed by atoms with Gasteiger partial charge in [-0.15, -0.1) is 0 Å². The molecule has 4 nitrogen and oxygen atoms in total. The van der Waals surface area contributed by atoms with E-state index >= 15 is 0 Å². The van der Waals surface area contributed by atoms with Gasteiger partial charge in [0.2, 0.25) is 0 Å². The highest BCUT2D eigenvalue weighted by atomic mass is 32.2. The third kappa shape index (κ3) is 2.50. The number of hydrogen-bond donors (Lipinski definition) is 0. The fraction of sp³-hybridized carbons (Fsp3) is 0.100. The summed E-state index contributed by atoms with van der Waals surface area (Å²) in [6, 6.07) is 7.41. The van der Waals surface area contributed by atoms with Crippen LogP contribution in [0.15, 0.2) is 30.5 Å². The van der Waals surface area contributed by atoms with Crippen LogP contribution in [0.2, 0.25) is 0 Å². The lowest BCUT2D eigenvalue weighted by Crippen LogP contribution is -2.03. The Morgan fingerprint density at radius 3 is 2.73 bits per heavy atom.